The van der Waals surface area contributed by atoms with Gasteiger partial charge in [0.2, 0.25) is 5.88 Å². The summed E-state index contributed by atoms with van der Waals surface area (Å²) < 4.78 is 40.1. The molecule has 0 unspecified atom stereocenters. The molecule has 0 bridgehead atoms. The van der Waals surface area contributed by atoms with E-state index >= 15 is 0 Å². The average molecular weight is 436 g/mol. The third-order valence-corrected chi connectivity index (χ3v) is 4.45. The first-order valence-electron chi connectivity index (χ1n) is 9.61. The second kappa shape index (κ2) is 9.25. The van der Waals surface area contributed by atoms with Gasteiger partial charge in [-0.15, -0.1) is 5.10 Å². The van der Waals surface area contributed by atoms with Crippen LogP contribution in [0, 0.1) is 18.6 Å². The molecule has 2 aromatic heterocycles. The number of aryl methyl sites for hydroxylation is 1. The Morgan fingerprint density at radius 3 is 2.62 bits per heavy atom. The largest absolute Gasteiger partial charge is 0.444 e. The number of nitrogens with zero attached hydrogens (tertiary/aromatic N) is 3. The number of rotatable bonds is 6. The van der Waals surface area contributed by atoms with Gasteiger partial charge in [-0.25, -0.2) is 18.3 Å². The maximum absolute atomic E-state index is 14.4. The molecule has 32 heavy (non-hydrogen) atoms. The van der Waals surface area contributed by atoms with Crippen LogP contribution in [0.25, 0.3) is 5.69 Å². The van der Waals surface area contributed by atoms with Gasteiger partial charge < -0.3 is 9.47 Å². The van der Waals surface area contributed by atoms with Crippen molar-refractivity contribution in [3.05, 3.63) is 95.9 Å². The molecule has 1 amide bonds. The smallest absolute Gasteiger partial charge is 0.412 e. The highest BCUT2D eigenvalue weighted by Gasteiger charge is 2.11. The van der Waals surface area contributed by atoms with Crippen LogP contribution < -0.4 is 10.1 Å². The number of benzene rings is 2. The molecule has 7 nitrogen and oxygen atoms in total. The number of anilines is 1. The molecular formula is C23H18F2N4O3. The van der Waals surface area contributed by atoms with Gasteiger partial charge in [0, 0.05) is 24.4 Å². The normalized spacial score (nSPS) is 10.6. The molecule has 0 aliphatic rings. The van der Waals surface area contributed by atoms with Crippen LogP contribution in [0.2, 0.25) is 0 Å². The molecule has 0 atom stereocenters. The fourth-order valence-corrected chi connectivity index (χ4v) is 2.78. The second-order valence-corrected chi connectivity index (χ2v) is 6.79. The van der Waals surface area contributed by atoms with Crippen molar-refractivity contribution in [3.63, 3.8) is 0 Å². The molecule has 0 aliphatic carbocycles. The fraction of sp³-hybridized carbons (Fsp3) is 0.0870. The number of hydrogen-bond acceptors (Lipinski definition) is 5. The van der Waals surface area contributed by atoms with Crippen molar-refractivity contribution in [2.45, 2.75) is 13.5 Å². The van der Waals surface area contributed by atoms with E-state index in [1.54, 1.807) is 19.2 Å². The Kier molecular flexibility index (Phi) is 6.07. The monoisotopic (exact) mass is 436 g/mol. The van der Waals surface area contributed by atoms with Crippen LogP contribution in [-0.4, -0.2) is 20.9 Å². The molecule has 1 N–H and O–H groups in total. The first kappa shape index (κ1) is 21.0. The van der Waals surface area contributed by atoms with Gasteiger partial charge >= 0.3 is 6.09 Å². The third kappa shape index (κ3) is 5.07. The topological polar surface area (TPSA) is 78.3 Å². The van der Waals surface area contributed by atoms with Crippen LogP contribution >= 0.6 is 0 Å². The van der Waals surface area contributed by atoms with E-state index in [4.69, 9.17) is 9.47 Å². The highest BCUT2D eigenvalue weighted by atomic mass is 19.1. The molecule has 4 rings (SSSR count). The summed E-state index contributed by atoms with van der Waals surface area (Å²) in [5, 5.41) is 6.53. The summed E-state index contributed by atoms with van der Waals surface area (Å²) >= 11 is 0. The molecule has 0 saturated heterocycles. The molecular weight excluding hydrogens is 418 g/mol. The lowest BCUT2D eigenvalue weighted by atomic mass is 10.2. The predicted molar refractivity (Wildman–Crippen MR) is 113 cm³/mol. The van der Waals surface area contributed by atoms with E-state index in [1.165, 1.54) is 29.1 Å². The first-order valence-corrected chi connectivity index (χ1v) is 9.61. The maximum Gasteiger partial charge on any atom is 0.412 e. The van der Waals surface area contributed by atoms with Gasteiger partial charge in [-0.2, -0.15) is 0 Å². The minimum absolute atomic E-state index is 0.0536. The Hall–Kier alpha value is -4.27. The van der Waals surface area contributed by atoms with Crippen LogP contribution in [0.5, 0.6) is 11.6 Å². The number of hydrogen-bond donors (Lipinski definition) is 1. The van der Waals surface area contributed by atoms with Crippen molar-refractivity contribution in [1.82, 2.24) is 14.8 Å². The summed E-state index contributed by atoms with van der Waals surface area (Å²) in [7, 11) is 0. The SMILES string of the molecule is Cc1ncc(-n2ccc(Oc3ccc(NC(=O)OCc4ccccc4)c(F)c3)n2)cc1F. The zero-order chi connectivity index (χ0) is 22.5. The highest BCUT2D eigenvalue weighted by Crippen LogP contribution is 2.25. The zero-order valence-electron chi connectivity index (χ0n) is 17.0. The van der Waals surface area contributed by atoms with Crippen molar-refractivity contribution in [1.29, 1.82) is 0 Å². The standard InChI is InChI=1S/C23H18F2N4O3/c1-15-19(24)11-17(13-26-15)29-10-9-22(28-29)32-18-7-8-21(20(25)12-18)27-23(30)31-14-16-5-3-2-4-6-16/h2-13H,14H2,1H3,(H,27,30). The number of amides is 1. The Bertz CT molecular complexity index is 1250. The zero-order valence-corrected chi connectivity index (χ0v) is 17.0. The summed E-state index contributed by atoms with van der Waals surface area (Å²) in [6.07, 6.45) is 2.27. The van der Waals surface area contributed by atoms with Crippen molar-refractivity contribution >= 4 is 11.8 Å². The van der Waals surface area contributed by atoms with Crippen molar-refractivity contribution < 1.29 is 23.0 Å². The number of ether oxygens (including phenoxy) is 2. The predicted octanol–water partition coefficient (Wildman–Crippen LogP) is 5.39. The number of pyridine rings is 1. The lowest BCUT2D eigenvalue weighted by molar-refractivity contribution is 0.155. The van der Waals surface area contributed by atoms with Crippen LogP contribution in [0.15, 0.2) is 73.1 Å². The van der Waals surface area contributed by atoms with Gasteiger partial charge in [0.25, 0.3) is 0 Å². The molecule has 0 fully saturated rings. The van der Waals surface area contributed by atoms with Crippen molar-refractivity contribution in [2.75, 3.05) is 5.32 Å². The minimum atomic E-state index is -0.779. The number of nitrogens with one attached hydrogen (secondary N) is 1. The van der Waals surface area contributed by atoms with Crippen LogP contribution in [0.3, 0.4) is 0 Å². The van der Waals surface area contributed by atoms with E-state index in [-0.39, 0.29) is 29.6 Å². The Labute approximate surface area is 182 Å². The first-order chi connectivity index (χ1) is 15.5. The van der Waals surface area contributed by atoms with E-state index in [1.807, 2.05) is 30.3 Å². The van der Waals surface area contributed by atoms with E-state index in [0.717, 1.165) is 11.6 Å². The van der Waals surface area contributed by atoms with Crippen molar-refractivity contribution in [3.8, 4) is 17.3 Å². The third-order valence-electron chi connectivity index (χ3n) is 4.45. The molecule has 0 saturated carbocycles. The molecule has 0 radical (unpaired) electrons. The molecule has 9 heteroatoms. The minimum Gasteiger partial charge on any atom is -0.444 e. The molecule has 4 aromatic rings. The Morgan fingerprint density at radius 1 is 1.06 bits per heavy atom. The maximum atomic E-state index is 14.4. The summed E-state index contributed by atoms with van der Waals surface area (Å²) in [6, 6.07) is 15.9. The van der Waals surface area contributed by atoms with Gasteiger partial charge in [-0.1, -0.05) is 30.3 Å². The van der Waals surface area contributed by atoms with Crippen molar-refractivity contribution in [2.24, 2.45) is 0 Å². The molecule has 2 aromatic carbocycles. The van der Waals surface area contributed by atoms with Crippen LogP contribution in [0.4, 0.5) is 19.3 Å². The number of aromatic nitrogens is 3. The average Bonchev–Trinajstić information content (AvgIpc) is 3.25. The van der Waals surface area contributed by atoms with Gasteiger partial charge in [-0.3, -0.25) is 10.3 Å². The number of carbonyl (C=O) groups excluding carboxylic acids is 1. The van der Waals surface area contributed by atoms with E-state index in [9.17, 15) is 13.6 Å². The lowest BCUT2D eigenvalue weighted by Gasteiger charge is -2.09. The van der Waals surface area contributed by atoms with Gasteiger partial charge in [0.05, 0.1) is 23.3 Å². The van der Waals surface area contributed by atoms with E-state index in [0.29, 0.717) is 5.69 Å². The van der Waals surface area contributed by atoms with Crippen LogP contribution in [-0.2, 0) is 11.3 Å². The molecule has 162 valence electrons. The lowest BCUT2D eigenvalue weighted by Crippen LogP contribution is -2.14. The summed E-state index contributed by atoms with van der Waals surface area (Å²) in [5.41, 5.74) is 1.46. The van der Waals surface area contributed by atoms with E-state index < -0.39 is 17.7 Å². The highest BCUT2D eigenvalue weighted by molar-refractivity contribution is 5.84. The Balaban J connectivity index is 1.37. The second-order valence-electron chi connectivity index (χ2n) is 6.79. The molecule has 2 heterocycles. The molecule has 0 aliphatic heterocycles. The summed E-state index contributed by atoms with van der Waals surface area (Å²) in [4.78, 5) is 15.9. The van der Waals surface area contributed by atoms with Gasteiger partial charge in [-0.05, 0) is 24.6 Å². The summed E-state index contributed by atoms with van der Waals surface area (Å²) in [5.74, 6) is -0.811. The summed E-state index contributed by atoms with van der Waals surface area (Å²) in [6.45, 7) is 1.63. The van der Waals surface area contributed by atoms with Gasteiger partial charge in [0.15, 0.2) is 5.82 Å². The fourth-order valence-electron chi connectivity index (χ4n) is 2.78. The van der Waals surface area contributed by atoms with Gasteiger partial charge in [0.1, 0.15) is 18.2 Å². The Morgan fingerprint density at radius 2 is 1.88 bits per heavy atom. The quantitative estimate of drug-likeness (QED) is 0.438. The number of halogens is 2. The number of carbonyl (C=O) groups is 1. The van der Waals surface area contributed by atoms with Crippen LogP contribution in [0.1, 0.15) is 11.3 Å². The molecule has 0 spiro atoms. The van der Waals surface area contributed by atoms with E-state index in [2.05, 4.69) is 15.4 Å².